The van der Waals surface area contributed by atoms with E-state index in [0.29, 0.717) is 61.7 Å². The highest BCUT2D eigenvalue weighted by Crippen LogP contribution is 2.49. The fourth-order valence-electron chi connectivity index (χ4n) is 16.5. The minimum Gasteiger partial charge on any atom is -0.481 e. The van der Waals surface area contributed by atoms with Crippen LogP contribution in [0, 0.1) is 11.3 Å². The Morgan fingerprint density at radius 3 is 0.910 bits per heavy atom. The van der Waals surface area contributed by atoms with Crippen LogP contribution in [0.15, 0.2) is 202 Å². The van der Waals surface area contributed by atoms with Gasteiger partial charge in [-0.3, -0.25) is 15.0 Å². The zero-order chi connectivity index (χ0) is 105. The Bertz CT molecular complexity index is 7460. The molecule has 756 valence electrons. The summed E-state index contributed by atoms with van der Waals surface area (Å²) in [5, 5.41) is 60.2. The van der Waals surface area contributed by atoms with E-state index in [2.05, 4.69) is 54.8 Å². The average molecular weight is 2090 g/mol. The molecule has 0 aliphatic heterocycles. The second-order valence-electron chi connectivity index (χ2n) is 34.1. The Labute approximate surface area is 829 Å². The summed E-state index contributed by atoms with van der Waals surface area (Å²) in [5.41, 5.74) is -6.88. The molecule has 0 spiro atoms. The van der Waals surface area contributed by atoms with Gasteiger partial charge in [-0.25, -0.2) is 75.0 Å². The first-order valence-corrected chi connectivity index (χ1v) is 44.4. The summed E-state index contributed by atoms with van der Waals surface area (Å²) >= 11 is 26.0. The molecule has 0 fully saturated rings. The van der Waals surface area contributed by atoms with E-state index in [9.17, 15) is 100 Å². The van der Waals surface area contributed by atoms with Crippen LogP contribution in [0.1, 0.15) is 153 Å². The van der Waals surface area contributed by atoms with E-state index < -0.39 is 107 Å². The van der Waals surface area contributed by atoms with Gasteiger partial charge in [0.1, 0.15) is 23.2 Å². The summed E-state index contributed by atoms with van der Waals surface area (Å²) in [4.78, 5) is 43.9. The van der Waals surface area contributed by atoms with Gasteiger partial charge >= 0.3 is 18.5 Å². The lowest BCUT2D eigenvalue weighted by molar-refractivity contribution is -0.142. The molecule has 16 rings (SSSR count). The van der Waals surface area contributed by atoms with Crippen molar-refractivity contribution in [2.24, 2.45) is 28.2 Å². The number of nitrogens with zero attached hydrogens (tertiary/aromatic N) is 16. The largest absolute Gasteiger partial charge is 0.481 e. The van der Waals surface area contributed by atoms with Crippen molar-refractivity contribution in [3.8, 4) is 29.6 Å². The molecule has 0 aliphatic carbocycles. The van der Waals surface area contributed by atoms with Gasteiger partial charge in [-0.15, -0.1) is 0 Å². The van der Waals surface area contributed by atoms with E-state index in [1.807, 2.05) is 6.07 Å². The molecule has 5 aromatic carbocycles. The number of aromatic nitrogens is 15. The van der Waals surface area contributed by atoms with Crippen LogP contribution in [-0.2, 0) is 94.8 Å². The highest BCUT2D eigenvalue weighted by atomic mass is 35.5. The van der Waals surface area contributed by atoms with E-state index in [-0.39, 0.29) is 140 Å². The smallest absolute Gasteiger partial charge is 0.433 e. The Kier molecular flexibility index (Phi) is 30.9. The van der Waals surface area contributed by atoms with Crippen molar-refractivity contribution in [2.45, 2.75) is 131 Å². The molecule has 16 aromatic rings. The molecule has 0 radical (unpaired) electrons. The number of aryl methyl sites for hydroxylation is 4. The van der Waals surface area contributed by atoms with Gasteiger partial charge in [-0.2, -0.15) is 44.8 Å². The highest BCUT2D eigenvalue weighted by molar-refractivity contribution is 6.37. The van der Waals surface area contributed by atoms with Crippen molar-refractivity contribution >= 4 is 90.0 Å². The van der Waals surface area contributed by atoms with Gasteiger partial charge in [0.05, 0.1) is 144 Å². The summed E-state index contributed by atoms with van der Waals surface area (Å²) in [6, 6.07) is 33.0. The van der Waals surface area contributed by atoms with Crippen LogP contribution >= 0.6 is 46.4 Å². The Morgan fingerprint density at radius 1 is 0.326 bits per heavy atom. The molecule has 0 amide bonds. The number of hydrogen-bond acceptors (Lipinski definition) is 20. The molecular weight excluding hydrogens is 2010 g/mol. The van der Waals surface area contributed by atoms with Gasteiger partial charge in [-0.1, -0.05) is 94.9 Å². The van der Waals surface area contributed by atoms with Crippen LogP contribution in [0.3, 0.4) is 0 Å². The number of alkyl halides is 17. The van der Waals surface area contributed by atoms with Crippen molar-refractivity contribution in [2.75, 3.05) is 28.4 Å². The maximum Gasteiger partial charge on any atom is 0.433 e. The fourth-order valence-corrected chi connectivity index (χ4v) is 17.6. The summed E-state index contributed by atoms with van der Waals surface area (Å²) in [6.07, 6.45) is -2.49. The molecular formula is C99H85Cl4F17N16O8. The van der Waals surface area contributed by atoms with Gasteiger partial charge in [0, 0.05) is 132 Å². The van der Waals surface area contributed by atoms with Gasteiger partial charge in [0.25, 0.3) is 0 Å². The maximum absolute atomic E-state index is 13.9. The quantitative estimate of drug-likeness (QED) is 0.0366. The van der Waals surface area contributed by atoms with Crippen molar-refractivity contribution in [3.63, 3.8) is 0 Å². The highest BCUT2D eigenvalue weighted by Gasteiger charge is 2.46. The number of halogens is 21. The third kappa shape index (κ3) is 22.5. The number of ether oxygens (including phenoxy) is 4. The zero-order valence-electron chi connectivity index (χ0n) is 77.8. The average Bonchev–Trinajstić information content (AvgIpc) is 1.22. The molecule has 4 atom stereocenters. The molecule has 144 heavy (non-hydrogen) atoms. The predicted octanol–water partition coefficient (Wildman–Crippen LogP) is 22.3. The van der Waals surface area contributed by atoms with E-state index in [1.165, 1.54) is 140 Å². The Morgan fingerprint density at radius 2 is 0.611 bits per heavy atom. The number of fused-ring (bicyclic) bond motifs is 4. The monoisotopic (exact) mass is 2090 g/mol. The topological polar surface area (TPSA) is 303 Å². The third-order valence-electron chi connectivity index (χ3n) is 23.6. The van der Waals surface area contributed by atoms with Crippen LogP contribution < -0.4 is 18.9 Å². The summed E-state index contributed by atoms with van der Waals surface area (Å²) in [5.74, 6) is -12.0. The normalized spacial score (nSPS) is 14.0. The molecule has 11 aromatic heterocycles. The Balaban J connectivity index is 0.000000161. The maximum atomic E-state index is 13.9. The lowest BCUT2D eigenvalue weighted by atomic mass is 9.83. The van der Waals surface area contributed by atoms with Crippen LogP contribution in [-0.4, -0.2) is 146 Å². The van der Waals surface area contributed by atoms with Gasteiger partial charge in [0.2, 0.25) is 47.2 Å². The predicted molar refractivity (Wildman–Crippen MR) is 500 cm³/mol. The van der Waals surface area contributed by atoms with Crippen molar-refractivity contribution in [1.29, 1.82) is 5.26 Å². The number of nitriles is 1. The summed E-state index contributed by atoms with van der Waals surface area (Å²) < 4.78 is 256. The van der Waals surface area contributed by atoms with Gasteiger partial charge in [0.15, 0.2) is 22.4 Å². The first-order valence-electron chi connectivity index (χ1n) is 42.9. The van der Waals surface area contributed by atoms with E-state index in [4.69, 9.17) is 65.4 Å². The summed E-state index contributed by atoms with van der Waals surface area (Å²) in [7, 11) is 11.9. The molecule has 0 aliphatic rings. The lowest BCUT2D eigenvalue weighted by Crippen LogP contribution is -2.31. The fraction of sp³-hybridized carbons (Fsp3) is 0.293. The standard InChI is InChI=1S/C25H23Cl2F2N3O2.C25H22ClF5N4O2.C25H20F5N5O2.C24H20ClF5N4O2/c1-24(28,29)11-10-18-22(27)19-12-16(6-9-20(19)31-23(18)34-3)25(33,21-13-30-14-32(21)2)15-4-7-17(26)8-5-15;1-23(27,28)8-6-16-21(26)17-10-14(4-5-18(17)34-22(16)37-3)24(36,20-12-32-13-35(20)2)15-7-9-33-19(11-15)25(29,30)31;1-23(26,27)9-17-18(10-31)16-8-14(4-6-19(16)34-22(17)37-3)24(36,21-12-32-13-35(21)2)15-5-7-20(33-11-15)25(28,29)30;1-22(26,27)9-16-20(25)15-8-13(4-6-17(15)33-21(16)36-3)23(35,19-11-31-12-34(19)2)14-5-7-18(32-10-14)24(28,29)30/h4-9,12-14,33H,10-11H2,1-3H3;4-5,7,9-13,36H,6,8H2,1-3H3;4-8,11-13,36H,9H2,1-3H3;4-8,10-12,35H,9H2,1-3H3. The van der Waals surface area contributed by atoms with Crippen molar-refractivity contribution in [3.05, 3.63) is 334 Å². The van der Waals surface area contributed by atoms with Crippen molar-refractivity contribution < 1.29 is 114 Å². The molecule has 45 heteroatoms. The number of methoxy groups -OCH3 is 4. The molecule has 0 bridgehead atoms. The minimum absolute atomic E-state index is 0.0104. The second kappa shape index (κ2) is 41.3. The van der Waals surface area contributed by atoms with E-state index >= 15 is 0 Å². The first-order chi connectivity index (χ1) is 67.3. The van der Waals surface area contributed by atoms with Crippen LogP contribution in [0.5, 0.6) is 23.5 Å². The number of imidazole rings is 4. The van der Waals surface area contributed by atoms with Crippen molar-refractivity contribution in [1.82, 2.24) is 73.1 Å². The minimum atomic E-state index is -4.74. The number of benzene rings is 5. The SMILES string of the molecule is COc1nc2ccc(C(O)(c3ccc(C(F)(F)F)nc3)c3cncn3C)cc2c(C#N)c1CC(C)(F)F.COc1nc2ccc(C(O)(c3ccc(C(F)(F)F)nc3)c3cncn3C)cc2c(Cl)c1CC(C)(F)F.COc1nc2ccc(C(O)(c3ccc(Cl)cc3)c3cncn3C)cc2c(Cl)c1CCC(C)(F)F.COc1nc2ccc(C(O)(c3ccnc(C(F)(F)F)c3)c3cncn3C)cc2c(Cl)c1CCC(C)(F)F. The second-order valence-corrected chi connectivity index (χ2v) is 35.7. The molecule has 11 heterocycles. The molecule has 4 unspecified atom stereocenters. The van der Waals surface area contributed by atoms with Crippen LogP contribution in [0.25, 0.3) is 43.6 Å². The van der Waals surface area contributed by atoms with Gasteiger partial charge in [-0.05, 0) is 159 Å². The third-order valence-corrected chi connectivity index (χ3v) is 25.1. The zero-order valence-corrected chi connectivity index (χ0v) is 80.8. The lowest BCUT2D eigenvalue weighted by Gasteiger charge is -2.30. The van der Waals surface area contributed by atoms with E-state index in [0.717, 1.165) is 69.7 Å². The Hall–Kier alpha value is -13.5. The number of pyridine rings is 7. The number of aliphatic hydroxyl groups is 4. The van der Waals surface area contributed by atoms with Crippen LogP contribution in [0.2, 0.25) is 20.1 Å². The van der Waals surface area contributed by atoms with Crippen LogP contribution in [0.4, 0.5) is 74.6 Å². The molecule has 4 N–H and O–H groups in total. The molecule has 0 saturated carbocycles. The first kappa shape index (κ1) is 108. The molecule has 0 saturated heterocycles. The van der Waals surface area contributed by atoms with E-state index in [1.54, 1.807) is 87.7 Å². The summed E-state index contributed by atoms with van der Waals surface area (Å²) in [6.45, 7) is 3.09. The number of hydrogen-bond donors (Lipinski definition) is 4. The molecule has 24 nitrogen and oxygen atoms in total. The van der Waals surface area contributed by atoms with Gasteiger partial charge < -0.3 is 57.6 Å². The number of rotatable bonds is 26.